The third-order valence-electron chi connectivity index (χ3n) is 1.63. The predicted octanol–water partition coefficient (Wildman–Crippen LogP) is 1.59. The van der Waals surface area contributed by atoms with E-state index in [4.69, 9.17) is 10.9 Å². The molecular formula is C7H5BrFN3O3. The zero-order valence-electron chi connectivity index (χ0n) is 7.15. The van der Waals surface area contributed by atoms with Gasteiger partial charge in [-0.25, -0.2) is 4.39 Å². The zero-order chi connectivity index (χ0) is 11.6. The first-order valence-corrected chi connectivity index (χ1v) is 4.38. The van der Waals surface area contributed by atoms with Gasteiger partial charge in [-0.05, 0) is 22.0 Å². The number of benzene rings is 1. The molecule has 6 nitrogen and oxygen atoms in total. The van der Waals surface area contributed by atoms with Gasteiger partial charge in [0.1, 0.15) is 10.3 Å². The number of nitro groups is 1. The molecule has 0 spiro atoms. The van der Waals surface area contributed by atoms with E-state index in [0.717, 1.165) is 12.1 Å². The van der Waals surface area contributed by atoms with Gasteiger partial charge in [0, 0.05) is 6.07 Å². The molecule has 8 heteroatoms. The molecule has 0 saturated heterocycles. The van der Waals surface area contributed by atoms with E-state index in [1.165, 1.54) is 0 Å². The maximum atomic E-state index is 13.2. The fourth-order valence-electron chi connectivity index (χ4n) is 0.967. The summed E-state index contributed by atoms with van der Waals surface area (Å²) < 4.78 is 13.0. The molecule has 0 saturated carbocycles. The highest BCUT2D eigenvalue weighted by atomic mass is 79.9. The number of rotatable bonds is 2. The van der Waals surface area contributed by atoms with E-state index < -0.39 is 16.6 Å². The van der Waals surface area contributed by atoms with E-state index in [2.05, 4.69) is 21.1 Å². The molecule has 1 aromatic rings. The Hall–Kier alpha value is -1.70. The van der Waals surface area contributed by atoms with Crippen LogP contribution in [0, 0.1) is 15.9 Å². The largest absolute Gasteiger partial charge is 0.409 e. The Balaban J connectivity index is 3.50. The quantitative estimate of drug-likeness (QED) is 0.282. The average Bonchev–Trinajstić information content (AvgIpc) is 2.16. The lowest BCUT2D eigenvalue weighted by atomic mass is 10.2. The normalized spacial score (nSPS) is 11.5. The van der Waals surface area contributed by atoms with E-state index in [-0.39, 0.29) is 15.7 Å². The first-order valence-electron chi connectivity index (χ1n) is 3.59. The number of hydrogen-bond donors (Lipinski definition) is 2. The Morgan fingerprint density at radius 1 is 1.67 bits per heavy atom. The molecule has 0 bridgehead atoms. The second kappa shape index (κ2) is 4.22. The van der Waals surface area contributed by atoms with E-state index in [9.17, 15) is 14.5 Å². The van der Waals surface area contributed by atoms with Gasteiger partial charge in [0.2, 0.25) is 0 Å². The minimum atomic E-state index is -0.817. The van der Waals surface area contributed by atoms with E-state index >= 15 is 0 Å². The second-order valence-electron chi connectivity index (χ2n) is 2.50. The molecule has 0 aliphatic carbocycles. The Morgan fingerprint density at radius 2 is 2.27 bits per heavy atom. The van der Waals surface area contributed by atoms with Gasteiger partial charge in [0.15, 0.2) is 5.84 Å². The van der Waals surface area contributed by atoms with Crippen LogP contribution in [-0.2, 0) is 0 Å². The van der Waals surface area contributed by atoms with Crippen molar-refractivity contribution in [2.75, 3.05) is 0 Å². The van der Waals surface area contributed by atoms with Crippen LogP contribution in [0.3, 0.4) is 0 Å². The van der Waals surface area contributed by atoms with Crippen LogP contribution in [0.1, 0.15) is 5.56 Å². The summed E-state index contributed by atoms with van der Waals surface area (Å²) in [7, 11) is 0. The molecule has 0 aromatic heterocycles. The highest BCUT2D eigenvalue weighted by Gasteiger charge is 2.21. The van der Waals surface area contributed by atoms with Gasteiger partial charge in [-0.1, -0.05) is 5.16 Å². The number of amidine groups is 1. The summed E-state index contributed by atoms with van der Waals surface area (Å²) in [6, 6.07) is 1.85. The lowest BCUT2D eigenvalue weighted by molar-refractivity contribution is -0.385. The molecule has 0 fully saturated rings. The van der Waals surface area contributed by atoms with Crippen molar-refractivity contribution in [3.63, 3.8) is 0 Å². The standard InChI is InChI=1S/C7H5BrFN3O3/c8-6-4(12(14)15)2-1-3(9)5(6)7(10)11-13/h1-2,13H,(H2,10,11). The average molecular weight is 278 g/mol. The molecule has 0 aliphatic rings. The highest BCUT2D eigenvalue weighted by molar-refractivity contribution is 9.10. The molecule has 1 rings (SSSR count). The highest BCUT2D eigenvalue weighted by Crippen LogP contribution is 2.30. The third-order valence-corrected chi connectivity index (χ3v) is 2.43. The van der Waals surface area contributed by atoms with Crippen molar-refractivity contribution in [2.45, 2.75) is 0 Å². The molecule has 15 heavy (non-hydrogen) atoms. The molecule has 0 heterocycles. The predicted molar refractivity (Wildman–Crippen MR) is 53.3 cm³/mol. The Morgan fingerprint density at radius 3 is 2.73 bits per heavy atom. The van der Waals surface area contributed by atoms with Gasteiger partial charge in [-0.3, -0.25) is 10.1 Å². The summed E-state index contributed by atoms with van der Waals surface area (Å²) in [5.41, 5.74) is 4.47. The molecule has 3 N–H and O–H groups in total. The lowest BCUT2D eigenvalue weighted by Gasteiger charge is -2.04. The number of nitrogens with two attached hydrogens (primary N) is 1. The molecule has 0 atom stereocenters. The molecule has 0 radical (unpaired) electrons. The number of halogens is 2. The van der Waals surface area contributed by atoms with Crippen molar-refractivity contribution in [2.24, 2.45) is 10.9 Å². The first kappa shape index (κ1) is 11.4. The maximum Gasteiger partial charge on any atom is 0.284 e. The SMILES string of the molecule is NC(=NO)c1c(F)ccc([N+](=O)[O-])c1Br. The summed E-state index contributed by atoms with van der Waals surface area (Å²) in [4.78, 5) is 9.80. The van der Waals surface area contributed by atoms with E-state index in [1.54, 1.807) is 0 Å². The van der Waals surface area contributed by atoms with Crippen LogP contribution in [-0.4, -0.2) is 16.0 Å². The van der Waals surface area contributed by atoms with Gasteiger partial charge in [-0.15, -0.1) is 0 Å². The van der Waals surface area contributed by atoms with Crippen molar-refractivity contribution in [3.05, 3.63) is 38.1 Å². The first-order chi connectivity index (χ1) is 6.99. The van der Waals surface area contributed by atoms with Crippen LogP contribution in [0.15, 0.2) is 21.8 Å². The number of nitrogens with zero attached hydrogens (tertiary/aromatic N) is 2. The van der Waals surface area contributed by atoms with Crippen molar-refractivity contribution in [3.8, 4) is 0 Å². The van der Waals surface area contributed by atoms with Crippen LogP contribution in [0.25, 0.3) is 0 Å². The fourth-order valence-corrected chi connectivity index (χ4v) is 1.64. The monoisotopic (exact) mass is 277 g/mol. The minimum absolute atomic E-state index is 0.164. The number of hydrogen-bond acceptors (Lipinski definition) is 4. The summed E-state index contributed by atoms with van der Waals surface area (Å²) in [5.74, 6) is -1.36. The van der Waals surface area contributed by atoms with Crippen LogP contribution in [0.5, 0.6) is 0 Å². The summed E-state index contributed by atoms with van der Waals surface area (Å²) in [5, 5.41) is 21.5. The van der Waals surface area contributed by atoms with Crippen molar-refractivity contribution in [1.29, 1.82) is 0 Å². The van der Waals surface area contributed by atoms with Crippen LogP contribution in [0.4, 0.5) is 10.1 Å². The van der Waals surface area contributed by atoms with Gasteiger partial charge < -0.3 is 10.9 Å². The molecule has 80 valence electrons. The Bertz CT molecular complexity index is 449. The summed E-state index contributed by atoms with van der Waals surface area (Å²) in [6.07, 6.45) is 0. The molecule has 1 aromatic carbocycles. The van der Waals surface area contributed by atoms with Gasteiger partial charge in [0.25, 0.3) is 5.69 Å². The van der Waals surface area contributed by atoms with Gasteiger partial charge in [0.05, 0.1) is 10.5 Å². The smallest absolute Gasteiger partial charge is 0.284 e. The topological polar surface area (TPSA) is 102 Å². The van der Waals surface area contributed by atoms with Crippen molar-refractivity contribution < 1.29 is 14.5 Å². The lowest BCUT2D eigenvalue weighted by Crippen LogP contribution is -2.16. The van der Waals surface area contributed by atoms with E-state index in [1.807, 2.05) is 0 Å². The summed E-state index contributed by atoms with van der Waals surface area (Å²) >= 11 is 2.82. The summed E-state index contributed by atoms with van der Waals surface area (Å²) in [6.45, 7) is 0. The van der Waals surface area contributed by atoms with E-state index in [0.29, 0.717) is 0 Å². The van der Waals surface area contributed by atoms with Crippen molar-refractivity contribution in [1.82, 2.24) is 0 Å². The van der Waals surface area contributed by atoms with Crippen LogP contribution >= 0.6 is 15.9 Å². The van der Waals surface area contributed by atoms with Gasteiger partial charge >= 0.3 is 0 Å². The van der Waals surface area contributed by atoms with Crippen molar-refractivity contribution >= 4 is 27.5 Å². The fraction of sp³-hybridized carbons (Fsp3) is 0. The Kier molecular flexibility index (Phi) is 3.20. The maximum absolute atomic E-state index is 13.2. The molecule has 0 unspecified atom stereocenters. The Labute approximate surface area is 91.5 Å². The number of nitro benzene ring substituents is 1. The van der Waals surface area contributed by atoms with Gasteiger partial charge in [-0.2, -0.15) is 0 Å². The number of oxime groups is 1. The second-order valence-corrected chi connectivity index (χ2v) is 3.29. The van der Waals surface area contributed by atoms with Crippen LogP contribution < -0.4 is 5.73 Å². The third kappa shape index (κ3) is 2.04. The molecule has 0 amide bonds. The minimum Gasteiger partial charge on any atom is -0.409 e. The molecule has 0 aliphatic heterocycles. The molecular weight excluding hydrogens is 273 g/mol. The van der Waals surface area contributed by atoms with Crippen LogP contribution in [0.2, 0.25) is 0 Å². The zero-order valence-corrected chi connectivity index (χ0v) is 8.73.